The Labute approximate surface area is 198 Å². The van der Waals surface area contributed by atoms with E-state index >= 15 is 0 Å². The SMILES string of the molecule is Cc1cccc(-n2c(C(C)N(CC(C)C)C(=O)c3cccc(F)c3)nc3ccccc3c2=O)c1. The molecule has 0 fully saturated rings. The first-order valence-electron chi connectivity index (χ1n) is 11.4. The Balaban J connectivity index is 1.93. The molecule has 3 aromatic carbocycles. The van der Waals surface area contributed by atoms with Crippen molar-refractivity contribution in [1.29, 1.82) is 0 Å². The van der Waals surface area contributed by atoms with Crippen LogP contribution in [0, 0.1) is 18.7 Å². The van der Waals surface area contributed by atoms with Crippen molar-refractivity contribution >= 4 is 16.8 Å². The van der Waals surface area contributed by atoms with Gasteiger partial charge in [0.1, 0.15) is 11.6 Å². The zero-order valence-corrected chi connectivity index (χ0v) is 19.8. The quantitative estimate of drug-likeness (QED) is 0.374. The van der Waals surface area contributed by atoms with Crippen LogP contribution >= 0.6 is 0 Å². The van der Waals surface area contributed by atoms with Crippen molar-refractivity contribution in [2.75, 3.05) is 6.54 Å². The molecule has 174 valence electrons. The molecule has 4 aromatic rings. The summed E-state index contributed by atoms with van der Waals surface area (Å²) >= 11 is 0. The zero-order chi connectivity index (χ0) is 24.4. The third-order valence-corrected chi connectivity index (χ3v) is 5.80. The smallest absolute Gasteiger partial charge is 0.266 e. The van der Waals surface area contributed by atoms with Crippen LogP contribution in [0.2, 0.25) is 0 Å². The highest BCUT2D eigenvalue weighted by atomic mass is 19.1. The summed E-state index contributed by atoms with van der Waals surface area (Å²) < 4.78 is 15.5. The minimum atomic E-state index is -0.545. The first-order valence-corrected chi connectivity index (χ1v) is 11.4. The van der Waals surface area contributed by atoms with Crippen LogP contribution in [-0.4, -0.2) is 26.9 Å². The number of rotatable bonds is 6. The molecule has 1 heterocycles. The Kier molecular flexibility index (Phi) is 6.59. The molecule has 34 heavy (non-hydrogen) atoms. The number of aryl methyl sites for hydroxylation is 1. The maximum Gasteiger partial charge on any atom is 0.266 e. The average molecular weight is 458 g/mol. The Morgan fingerprint density at radius 2 is 1.74 bits per heavy atom. The number of nitrogens with zero attached hydrogens (tertiary/aromatic N) is 3. The number of benzene rings is 3. The molecule has 4 rings (SSSR count). The Bertz CT molecular complexity index is 1410. The molecule has 5 nitrogen and oxygen atoms in total. The van der Waals surface area contributed by atoms with Crippen LogP contribution in [-0.2, 0) is 0 Å². The molecule has 6 heteroatoms. The van der Waals surface area contributed by atoms with E-state index in [0.717, 1.165) is 5.56 Å². The van der Waals surface area contributed by atoms with Crippen LogP contribution in [0.1, 0.15) is 48.6 Å². The second kappa shape index (κ2) is 9.59. The molecule has 0 saturated heterocycles. The maximum atomic E-state index is 13.9. The molecule has 0 aliphatic rings. The second-order valence-electron chi connectivity index (χ2n) is 9.00. The van der Waals surface area contributed by atoms with Crippen molar-refractivity contribution in [3.8, 4) is 5.69 Å². The van der Waals surface area contributed by atoms with E-state index < -0.39 is 11.9 Å². The maximum absolute atomic E-state index is 13.9. The lowest BCUT2D eigenvalue weighted by Crippen LogP contribution is -2.39. The predicted molar refractivity (Wildman–Crippen MR) is 133 cm³/mol. The summed E-state index contributed by atoms with van der Waals surface area (Å²) in [5, 5.41) is 0.506. The van der Waals surface area contributed by atoms with Crippen LogP contribution in [0.3, 0.4) is 0 Å². The molecule has 0 aliphatic heterocycles. The van der Waals surface area contributed by atoms with Gasteiger partial charge in [-0.25, -0.2) is 9.37 Å². The molecule has 0 radical (unpaired) electrons. The van der Waals surface area contributed by atoms with Crippen LogP contribution in [0.4, 0.5) is 4.39 Å². The van der Waals surface area contributed by atoms with Crippen LogP contribution in [0.5, 0.6) is 0 Å². The first kappa shape index (κ1) is 23.4. The number of carbonyl (C=O) groups excluding carboxylic acids is 1. The number of fused-ring (bicyclic) bond motifs is 1. The van der Waals surface area contributed by atoms with Crippen molar-refractivity contribution in [1.82, 2.24) is 14.5 Å². The minimum absolute atomic E-state index is 0.152. The van der Waals surface area contributed by atoms with E-state index in [1.54, 1.807) is 27.7 Å². The van der Waals surface area contributed by atoms with Gasteiger partial charge >= 0.3 is 0 Å². The number of hydrogen-bond donors (Lipinski definition) is 0. The summed E-state index contributed by atoms with van der Waals surface area (Å²) in [5.41, 5.74) is 2.33. The van der Waals surface area contributed by atoms with Gasteiger partial charge in [-0.1, -0.05) is 44.2 Å². The highest BCUT2D eigenvalue weighted by molar-refractivity contribution is 5.94. The number of halogens is 1. The van der Waals surface area contributed by atoms with Crippen LogP contribution in [0.15, 0.2) is 77.6 Å². The van der Waals surface area contributed by atoms with Gasteiger partial charge in [-0.15, -0.1) is 0 Å². The van der Waals surface area contributed by atoms with Gasteiger partial charge in [0.2, 0.25) is 0 Å². The summed E-state index contributed by atoms with van der Waals surface area (Å²) in [4.78, 5) is 33.7. The van der Waals surface area contributed by atoms with E-state index in [9.17, 15) is 14.0 Å². The standard InChI is InChI=1S/C28H28FN3O2/c1-18(2)17-31(27(33)21-10-8-11-22(29)16-21)20(4)26-30-25-14-6-5-13-24(25)28(34)32(26)23-12-7-9-19(3)15-23/h5-16,18,20H,17H2,1-4H3. The third-order valence-electron chi connectivity index (χ3n) is 5.80. The Morgan fingerprint density at radius 1 is 1.00 bits per heavy atom. The monoisotopic (exact) mass is 457 g/mol. The van der Waals surface area contributed by atoms with E-state index in [-0.39, 0.29) is 22.9 Å². The van der Waals surface area contributed by atoms with E-state index in [1.807, 2.05) is 64.1 Å². The highest BCUT2D eigenvalue weighted by Gasteiger charge is 2.28. The molecule has 1 unspecified atom stereocenters. The molecule has 0 aliphatic carbocycles. The average Bonchev–Trinajstić information content (AvgIpc) is 2.81. The molecule has 0 bridgehead atoms. The topological polar surface area (TPSA) is 55.2 Å². The minimum Gasteiger partial charge on any atom is -0.328 e. The lowest BCUT2D eigenvalue weighted by Gasteiger charge is -2.32. The number of aromatic nitrogens is 2. The molecule has 1 amide bonds. The summed E-state index contributed by atoms with van der Waals surface area (Å²) in [6.07, 6.45) is 0. The van der Waals surface area contributed by atoms with Crippen molar-refractivity contribution < 1.29 is 9.18 Å². The summed E-state index contributed by atoms with van der Waals surface area (Å²) in [6, 6.07) is 20.0. The van der Waals surface area contributed by atoms with Gasteiger partial charge in [-0.05, 0) is 67.8 Å². The zero-order valence-electron chi connectivity index (χ0n) is 19.8. The predicted octanol–water partition coefficient (Wildman–Crippen LogP) is 5.69. The Morgan fingerprint density at radius 3 is 2.44 bits per heavy atom. The van der Waals surface area contributed by atoms with Gasteiger partial charge in [0.05, 0.1) is 22.6 Å². The molecule has 1 atom stereocenters. The molecule has 0 N–H and O–H groups in total. The van der Waals surface area contributed by atoms with Gasteiger partial charge < -0.3 is 4.90 Å². The van der Waals surface area contributed by atoms with Crippen molar-refractivity contribution in [2.45, 2.75) is 33.7 Å². The van der Waals surface area contributed by atoms with Gasteiger partial charge in [0.25, 0.3) is 11.5 Å². The normalized spacial score (nSPS) is 12.2. The molecular weight excluding hydrogens is 429 g/mol. The van der Waals surface area contributed by atoms with Gasteiger partial charge in [-0.3, -0.25) is 14.2 Å². The fraction of sp³-hybridized carbons (Fsp3) is 0.250. The van der Waals surface area contributed by atoms with E-state index in [4.69, 9.17) is 4.98 Å². The van der Waals surface area contributed by atoms with Gasteiger partial charge in [-0.2, -0.15) is 0 Å². The largest absolute Gasteiger partial charge is 0.328 e. The second-order valence-corrected chi connectivity index (χ2v) is 9.00. The summed E-state index contributed by atoms with van der Waals surface area (Å²) in [6.45, 7) is 8.28. The Hall–Kier alpha value is -3.80. The van der Waals surface area contributed by atoms with Crippen molar-refractivity contribution in [3.05, 3.63) is 106 Å². The lowest BCUT2D eigenvalue weighted by molar-refractivity contribution is 0.0654. The number of para-hydroxylation sites is 1. The number of hydrogen-bond acceptors (Lipinski definition) is 3. The molecular formula is C28H28FN3O2. The van der Waals surface area contributed by atoms with Crippen LogP contribution in [0.25, 0.3) is 16.6 Å². The van der Waals surface area contributed by atoms with Gasteiger partial charge in [0, 0.05) is 12.1 Å². The van der Waals surface area contributed by atoms with Crippen molar-refractivity contribution in [2.24, 2.45) is 5.92 Å². The number of carbonyl (C=O) groups is 1. The van der Waals surface area contributed by atoms with E-state index in [2.05, 4.69) is 0 Å². The fourth-order valence-electron chi connectivity index (χ4n) is 4.18. The highest BCUT2D eigenvalue weighted by Crippen LogP contribution is 2.26. The van der Waals surface area contributed by atoms with E-state index in [0.29, 0.717) is 29.0 Å². The molecule has 1 aromatic heterocycles. The summed E-state index contributed by atoms with van der Waals surface area (Å²) in [7, 11) is 0. The first-order chi connectivity index (χ1) is 16.3. The third kappa shape index (κ3) is 4.62. The number of amides is 1. The van der Waals surface area contributed by atoms with Crippen molar-refractivity contribution in [3.63, 3.8) is 0 Å². The molecule has 0 saturated carbocycles. The fourth-order valence-corrected chi connectivity index (χ4v) is 4.18. The molecule has 0 spiro atoms. The summed E-state index contributed by atoms with van der Waals surface area (Å²) in [5.74, 6) is -0.165. The van der Waals surface area contributed by atoms with E-state index in [1.165, 1.54) is 18.2 Å². The van der Waals surface area contributed by atoms with Gasteiger partial charge in [0.15, 0.2) is 0 Å². The lowest BCUT2D eigenvalue weighted by atomic mass is 10.1. The van der Waals surface area contributed by atoms with Crippen LogP contribution < -0.4 is 5.56 Å².